The van der Waals surface area contributed by atoms with Gasteiger partial charge >= 0.3 is 0 Å². The highest BCUT2D eigenvalue weighted by Gasteiger charge is 2.26. The molecule has 0 fully saturated rings. The summed E-state index contributed by atoms with van der Waals surface area (Å²) in [6.45, 7) is 6.93. The number of aliphatic imine (C=N–C) groups is 1. The second-order valence-corrected chi connectivity index (χ2v) is 8.99. The van der Waals surface area contributed by atoms with Crippen molar-refractivity contribution in [1.82, 2.24) is 10.6 Å². The predicted molar refractivity (Wildman–Crippen MR) is 110 cm³/mol. The van der Waals surface area contributed by atoms with E-state index in [2.05, 4.69) is 15.6 Å². The van der Waals surface area contributed by atoms with Crippen LogP contribution >= 0.6 is 0 Å². The maximum Gasteiger partial charge on any atom is 0.191 e. The summed E-state index contributed by atoms with van der Waals surface area (Å²) in [5.74, 6) is 1.82. The van der Waals surface area contributed by atoms with Crippen molar-refractivity contribution in [3.63, 3.8) is 0 Å². The van der Waals surface area contributed by atoms with E-state index in [1.165, 1.54) is 6.26 Å². The highest BCUT2D eigenvalue weighted by Crippen LogP contribution is 2.23. The molecule has 1 aromatic heterocycles. The third kappa shape index (κ3) is 6.38. The fourth-order valence-corrected chi connectivity index (χ4v) is 3.24. The van der Waals surface area contributed by atoms with Crippen LogP contribution < -0.4 is 10.6 Å². The van der Waals surface area contributed by atoms with Crippen LogP contribution in [0.25, 0.3) is 0 Å². The van der Waals surface area contributed by atoms with Gasteiger partial charge in [0.15, 0.2) is 15.8 Å². The molecule has 0 aliphatic carbocycles. The summed E-state index contributed by atoms with van der Waals surface area (Å²) in [5.41, 5.74) is -0.174. The molecule has 28 heavy (non-hydrogen) atoms. The topological polar surface area (TPSA) is 104 Å². The average molecular weight is 408 g/mol. The lowest BCUT2D eigenvalue weighted by Gasteiger charge is -2.19. The molecule has 7 nitrogen and oxygen atoms in total. The third-order valence-electron chi connectivity index (χ3n) is 4.22. The minimum atomic E-state index is -3.18. The van der Waals surface area contributed by atoms with E-state index < -0.39 is 15.4 Å². The first-order valence-corrected chi connectivity index (χ1v) is 11.1. The van der Waals surface area contributed by atoms with Crippen LogP contribution in [-0.2, 0) is 21.9 Å². The first-order valence-electron chi connectivity index (χ1n) is 9.22. The quantitative estimate of drug-likeness (QED) is 0.457. The van der Waals surface area contributed by atoms with Crippen molar-refractivity contribution in [2.45, 2.75) is 37.7 Å². The van der Waals surface area contributed by atoms with Gasteiger partial charge in [-0.15, -0.1) is 0 Å². The molecule has 0 aliphatic rings. The number of aliphatic hydroxyl groups is 1. The molecule has 1 atom stereocenters. The molecule has 8 heteroatoms. The zero-order valence-corrected chi connectivity index (χ0v) is 17.6. The maximum atomic E-state index is 11.5. The summed E-state index contributed by atoms with van der Waals surface area (Å²) >= 11 is 0. The van der Waals surface area contributed by atoms with Crippen LogP contribution in [0.5, 0.6) is 0 Å². The second-order valence-electron chi connectivity index (χ2n) is 6.97. The molecule has 3 N–H and O–H groups in total. The van der Waals surface area contributed by atoms with E-state index in [-0.39, 0.29) is 6.54 Å². The Bertz CT molecular complexity index is 900. The zero-order chi connectivity index (χ0) is 20.8. The standard InChI is InChI=1S/C20H29N3O4S/c1-5-21-19(23-14-20(3,24)18-11-6-15(2)27-18)22-13-12-16-7-9-17(10-8-16)28(4,25)26/h6-11,24H,5,12-14H2,1-4H3,(H2,21,22,23). The normalized spacial score (nSPS) is 14.5. The van der Waals surface area contributed by atoms with Crippen molar-refractivity contribution in [1.29, 1.82) is 0 Å². The minimum absolute atomic E-state index is 0.151. The highest BCUT2D eigenvalue weighted by atomic mass is 32.2. The summed E-state index contributed by atoms with van der Waals surface area (Å²) < 4.78 is 28.5. The Morgan fingerprint density at radius 3 is 2.39 bits per heavy atom. The highest BCUT2D eigenvalue weighted by molar-refractivity contribution is 7.90. The van der Waals surface area contributed by atoms with Crippen molar-refractivity contribution >= 4 is 15.8 Å². The molecule has 1 unspecified atom stereocenters. The van der Waals surface area contributed by atoms with Gasteiger partial charge in [-0.3, -0.25) is 0 Å². The van der Waals surface area contributed by atoms with Gasteiger partial charge in [0.05, 0.1) is 11.4 Å². The van der Waals surface area contributed by atoms with Gasteiger partial charge in [-0.2, -0.15) is 0 Å². The van der Waals surface area contributed by atoms with Crippen LogP contribution in [0.15, 0.2) is 50.7 Å². The van der Waals surface area contributed by atoms with Crippen molar-refractivity contribution in [3.8, 4) is 0 Å². The molecule has 1 heterocycles. The number of hydrogen-bond acceptors (Lipinski definition) is 5. The Morgan fingerprint density at radius 2 is 1.86 bits per heavy atom. The Balaban J connectivity index is 1.94. The summed E-state index contributed by atoms with van der Waals surface area (Å²) in [4.78, 5) is 4.77. The Morgan fingerprint density at radius 1 is 1.18 bits per heavy atom. The number of nitrogens with one attached hydrogen (secondary N) is 2. The molecule has 2 rings (SSSR count). The second kappa shape index (κ2) is 9.25. The van der Waals surface area contributed by atoms with Crippen molar-refractivity contribution < 1.29 is 17.9 Å². The molecule has 1 aromatic carbocycles. The number of guanidine groups is 1. The van der Waals surface area contributed by atoms with E-state index >= 15 is 0 Å². The Hall–Kier alpha value is -2.32. The molecule has 0 saturated heterocycles. The maximum absolute atomic E-state index is 11.5. The lowest BCUT2D eigenvalue weighted by Crippen LogP contribution is -2.39. The number of furan rings is 1. The number of rotatable bonds is 8. The van der Waals surface area contributed by atoms with E-state index in [4.69, 9.17) is 4.42 Å². The smallest absolute Gasteiger partial charge is 0.191 e. The Labute approximate surface area is 166 Å². The lowest BCUT2D eigenvalue weighted by atomic mass is 10.0. The molecular formula is C20H29N3O4S. The van der Waals surface area contributed by atoms with Crippen LogP contribution in [0.2, 0.25) is 0 Å². The molecule has 0 spiro atoms. The first kappa shape index (κ1) is 22.0. The molecule has 0 aliphatic heterocycles. The third-order valence-corrected chi connectivity index (χ3v) is 5.35. The number of nitrogens with zero attached hydrogens (tertiary/aromatic N) is 1. The first-order chi connectivity index (χ1) is 13.1. The molecular weight excluding hydrogens is 378 g/mol. The van der Waals surface area contributed by atoms with Crippen LogP contribution in [0, 0.1) is 6.92 Å². The number of aryl methyl sites for hydroxylation is 1. The lowest BCUT2D eigenvalue weighted by molar-refractivity contribution is 0.0428. The molecule has 0 saturated carbocycles. The fourth-order valence-electron chi connectivity index (χ4n) is 2.61. The van der Waals surface area contributed by atoms with Crippen LogP contribution in [0.4, 0.5) is 0 Å². The van der Waals surface area contributed by atoms with Gasteiger partial charge in [-0.05, 0) is 57.0 Å². The van der Waals surface area contributed by atoms with E-state index in [0.717, 1.165) is 11.3 Å². The van der Waals surface area contributed by atoms with Gasteiger partial charge in [-0.1, -0.05) is 12.1 Å². The number of benzene rings is 1. The summed E-state index contributed by atoms with van der Waals surface area (Å²) in [5, 5.41) is 17.0. The molecule has 2 aromatic rings. The van der Waals surface area contributed by atoms with Crippen molar-refractivity contribution in [3.05, 3.63) is 53.5 Å². The molecule has 154 valence electrons. The van der Waals surface area contributed by atoms with Crippen molar-refractivity contribution in [2.75, 3.05) is 25.9 Å². The van der Waals surface area contributed by atoms with E-state index in [9.17, 15) is 13.5 Å². The number of hydrogen-bond donors (Lipinski definition) is 3. The van der Waals surface area contributed by atoms with Gasteiger partial charge in [0.1, 0.15) is 17.1 Å². The number of sulfone groups is 1. The average Bonchev–Trinajstić information content (AvgIpc) is 3.07. The summed E-state index contributed by atoms with van der Waals surface area (Å²) in [6.07, 6.45) is 1.91. The van der Waals surface area contributed by atoms with E-state index in [0.29, 0.717) is 36.1 Å². The molecule has 0 amide bonds. The van der Waals surface area contributed by atoms with Crippen LogP contribution in [0.1, 0.15) is 30.9 Å². The van der Waals surface area contributed by atoms with Gasteiger partial charge in [-0.25, -0.2) is 13.4 Å². The van der Waals surface area contributed by atoms with Gasteiger partial charge < -0.3 is 20.2 Å². The van der Waals surface area contributed by atoms with Crippen LogP contribution in [-0.4, -0.2) is 45.4 Å². The minimum Gasteiger partial charge on any atom is -0.463 e. The van der Waals surface area contributed by atoms with Crippen molar-refractivity contribution in [2.24, 2.45) is 4.99 Å². The fraction of sp³-hybridized carbons (Fsp3) is 0.450. The predicted octanol–water partition coefficient (Wildman–Crippen LogP) is 2.00. The Kier molecular flexibility index (Phi) is 7.26. The van der Waals surface area contributed by atoms with Crippen LogP contribution in [0.3, 0.4) is 0 Å². The van der Waals surface area contributed by atoms with Gasteiger partial charge in [0.2, 0.25) is 0 Å². The monoisotopic (exact) mass is 407 g/mol. The van der Waals surface area contributed by atoms with Gasteiger partial charge in [0.25, 0.3) is 0 Å². The SMILES string of the molecule is CCNC(=NCC(C)(O)c1ccc(C)o1)NCCc1ccc(S(C)(=O)=O)cc1. The molecule has 0 radical (unpaired) electrons. The summed E-state index contributed by atoms with van der Waals surface area (Å²) in [7, 11) is -3.18. The van der Waals surface area contributed by atoms with Gasteiger partial charge in [0, 0.05) is 19.3 Å². The van der Waals surface area contributed by atoms with E-state index in [1.807, 2.05) is 32.0 Å². The summed E-state index contributed by atoms with van der Waals surface area (Å²) in [6, 6.07) is 10.4. The zero-order valence-electron chi connectivity index (χ0n) is 16.8. The van der Waals surface area contributed by atoms with E-state index in [1.54, 1.807) is 25.1 Å². The molecule has 0 bridgehead atoms. The largest absolute Gasteiger partial charge is 0.463 e.